The van der Waals surface area contributed by atoms with E-state index in [-0.39, 0.29) is 30.9 Å². The van der Waals surface area contributed by atoms with Crippen molar-refractivity contribution in [2.75, 3.05) is 12.8 Å². The first kappa shape index (κ1) is 24.9. The average Bonchev–Trinajstić information content (AvgIpc) is 3.21. The van der Waals surface area contributed by atoms with Gasteiger partial charge in [0.2, 0.25) is 27.6 Å². The maximum absolute atomic E-state index is 12.4. The van der Waals surface area contributed by atoms with E-state index in [0.717, 1.165) is 16.1 Å². The summed E-state index contributed by atoms with van der Waals surface area (Å²) in [7, 11) is -3.64. The summed E-state index contributed by atoms with van der Waals surface area (Å²) in [4.78, 5) is 16.7. The quantitative estimate of drug-likeness (QED) is 0.515. The molecule has 0 spiro atoms. The van der Waals surface area contributed by atoms with E-state index in [4.69, 9.17) is 16.1 Å². The van der Waals surface area contributed by atoms with Crippen molar-refractivity contribution < 1.29 is 17.7 Å². The second-order valence-electron chi connectivity index (χ2n) is 8.74. The fourth-order valence-corrected chi connectivity index (χ4v) is 3.98. The number of aromatic nitrogens is 2. The molecule has 0 unspecified atom stereocenters. The van der Waals surface area contributed by atoms with Crippen LogP contribution in [0.2, 0.25) is 5.02 Å². The molecule has 3 rings (SSSR count). The Morgan fingerprint density at radius 1 is 1.12 bits per heavy atom. The molecule has 33 heavy (non-hydrogen) atoms. The molecular weight excluding hydrogens is 464 g/mol. The number of nitrogens with zero attached hydrogens (tertiary/aromatic N) is 3. The van der Waals surface area contributed by atoms with Crippen LogP contribution >= 0.6 is 11.6 Å². The van der Waals surface area contributed by atoms with E-state index in [1.165, 1.54) is 5.56 Å². The van der Waals surface area contributed by atoms with Gasteiger partial charge in [0.25, 0.3) is 0 Å². The van der Waals surface area contributed by atoms with Crippen molar-refractivity contribution in [1.82, 2.24) is 19.8 Å². The van der Waals surface area contributed by atoms with Gasteiger partial charge in [-0.15, -0.1) is 0 Å². The van der Waals surface area contributed by atoms with Gasteiger partial charge in [0.1, 0.15) is 0 Å². The molecule has 176 valence electrons. The highest BCUT2D eigenvalue weighted by atomic mass is 35.5. The zero-order valence-corrected chi connectivity index (χ0v) is 20.6. The number of rotatable bonds is 8. The number of amides is 1. The monoisotopic (exact) mass is 490 g/mol. The van der Waals surface area contributed by atoms with Crippen LogP contribution in [0.1, 0.15) is 37.8 Å². The lowest BCUT2D eigenvalue weighted by Crippen LogP contribution is -2.39. The van der Waals surface area contributed by atoms with E-state index in [2.05, 4.69) is 36.2 Å². The number of hydrogen-bond acceptors (Lipinski definition) is 6. The smallest absolute Gasteiger partial charge is 0.246 e. The molecule has 10 heteroatoms. The average molecular weight is 491 g/mol. The van der Waals surface area contributed by atoms with Gasteiger partial charge in [-0.05, 0) is 22.6 Å². The number of sulfonamides is 1. The molecule has 1 aromatic heterocycles. The van der Waals surface area contributed by atoms with Crippen LogP contribution in [-0.4, -0.2) is 41.6 Å². The lowest BCUT2D eigenvalue weighted by Gasteiger charge is -2.20. The highest BCUT2D eigenvalue weighted by Crippen LogP contribution is 2.25. The first-order chi connectivity index (χ1) is 15.4. The third-order valence-corrected chi connectivity index (χ3v) is 6.57. The van der Waals surface area contributed by atoms with Crippen LogP contribution in [0.4, 0.5) is 0 Å². The van der Waals surface area contributed by atoms with Crippen molar-refractivity contribution in [2.24, 2.45) is 0 Å². The second-order valence-corrected chi connectivity index (χ2v) is 11.1. The molecule has 3 aromatic rings. The molecule has 0 saturated carbocycles. The minimum atomic E-state index is -3.64. The zero-order valence-electron chi connectivity index (χ0n) is 19.0. The largest absolute Gasteiger partial charge is 0.346 e. The number of carbonyl (C=O) groups is 1. The number of hydrogen-bond donors (Lipinski definition) is 1. The molecule has 8 nitrogen and oxygen atoms in total. The molecule has 0 bridgehead atoms. The Bertz CT molecular complexity index is 1220. The molecule has 1 heterocycles. The highest BCUT2D eigenvalue weighted by Gasteiger charge is 2.22. The summed E-state index contributed by atoms with van der Waals surface area (Å²) >= 11 is 6.13. The summed E-state index contributed by atoms with van der Waals surface area (Å²) in [6.45, 7) is 6.01. The van der Waals surface area contributed by atoms with Gasteiger partial charge in [0.05, 0.1) is 19.3 Å². The van der Waals surface area contributed by atoms with Crippen molar-refractivity contribution in [2.45, 2.75) is 39.3 Å². The van der Waals surface area contributed by atoms with Crippen molar-refractivity contribution in [3.8, 4) is 11.4 Å². The van der Waals surface area contributed by atoms with Gasteiger partial charge < -0.3 is 9.84 Å². The van der Waals surface area contributed by atoms with Crippen molar-refractivity contribution in [1.29, 1.82) is 0 Å². The topological polar surface area (TPSA) is 105 Å². The van der Waals surface area contributed by atoms with E-state index in [0.29, 0.717) is 16.4 Å². The molecule has 0 aliphatic carbocycles. The van der Waals surface area contributed by atoms with E-state index >= 15 is 0 Å². The van der Waals surface area contributed by atoms with Gasteiger partial charge in [-0.25, -0.2) is 8.42 Å². The molecule has 0 aliphatic heterocycles. The predicted molar refractivity (Wildman–Crippen MR) is 127 cm³/mol. The van der Waals surface area contributed by atoms with E-state index in [1.807, 2.05) is 24.3 Å². The third kappa shape index (κ3) is 6.86. The van der Waals surface area contributed by atoms with Crippen molar-refractivity contribution >= 4 is 27.5 Å². The Kier molecular flexibility index (Phi) is 7.56. The number of carbonyl (C=O) groups excluding carboxylic acids is 1. The maximum Gasteiger partial charge on any atom is 0.246 e. The number of benzene rings is 2. The summed E-state index contributed by atoms with van der Waals surface area (Å²) in [6, 6.07) is 14.8. The van der Waals surface area contributed by atoms with Crippen LogP contribution < -0.4 is 5.32 Å². The Hall–Kier alpha value is -2.75. The van der Waals surface area contributed by atoms with Crippen LogP contribution in [0.3, 0.4) is 0 Å². The Morgan fingerprint density at radius 3 is 2.39 bits per heavy atom. The van der Waals surface area contributed by atoms with Crippen molar-refractivity contribution in [3.63, 3.8) is 0 Å². The molecule has 1 N–H and O–H groups in total. The van der Waals surface area contributed by atoms with Gasteiger partial charge >= 0.3 is 0 Å². The van der Waals surface area contributed by atoms with Crippen LogP contribution in [0, 0.1) is 0 Å². The minimum Gasteiger partial charge on any atom is -0.346 e. The summed E-state index contributed by atoms with van der Waals surface area (Å²) in [5.41, 5.74) is 2.63. The SMILES string of the molecule is CC(C)(C)c1ccc(-c2noc(CNC(=O)CN(Cc3ccccc3Cl)S(C)(=O)=O)n2)cc1. The molecule has 0 saturated heterocycles. The lowest BCUT2D eigenvalue weighted by molar-refractivity contribution is -0.121. The van der Waals surface area contributed by atoms with Gasteiger partial charge in [-0.1, -0.05) is 80.0 Å². The Balaban J connectivity index is 1.61. The molecule has 0 aliphatic rings. The molecular formula is C23H27ClN4O4S. The van der Waals surface area contributed by atoms with Gasteiger partial charge in [0.15, 0.2) is 0 Å². The van der Waals surface area contributed by atoms with Crippen LogP contribution in [0.15, 0.2) is 53.1 Å². The summed E-state index contributed by atoms with van der Waals surface area (Å²) < 4.78 is 30.6. The summed E-state index contributed by atoms with van der Waals surface area (Å²) in [6.07, 6.45) is 1.05. The number of halogens is 1. The molecule has 0 radical (unpaired) electrons. The number of nitrogens with one attached hydrogen (secondary N) is 1. The second kappa shape index (κ2) is 10.0. The Labute approximate surface area is 199 Å². The first-order valence-electron chi connectivity index (χ1n) is 10.3. The fraction of sp³-hybridized carbons (Fsp3) is 0.348. The van der Waals surface area contributed by atoms with Gasteiger partial charge in [-0.2, -0.15) is 9.29 Å². The zero-order chi connectivity index (χ0) is 24.2. The molecule has 0 atom stereocenters. The lowest BCUT2D eigenvalue weighted by atomic mass is 9.87. The highest BCUT2D eigenvalue weighted by molar-refractivity contribution is 7.88. The third-order valence-electron chi connectivity index (χ3n) is 5.01. The predicted octanol–water partition coefficient (Wildman–Crippen LogP) is 3.77. The van der Waals surface area contributed by atoms with Crippen LogP contribution in [-0.2, 0) is 33.3 Å². The van der Waals surface area contributed by atoms with E-state index in [1.54, 1.807) is 24.3 Å². The van der Waals surface area contributed by atoms with Gasteiger partial charge in [0, 0.05) is 17.1 Å². The fourth-order valence-electron chi connectivity index (χ4n) is 3.06. The Morgan fingerprint density at radius 2 is 1.79 bits per heavy atom. The normalized spacial score (nSPS) is 12.2. The van der Waals surface area contributed by atoms with E-state index in [9.17, 15) is 13.2 Å². The molecule has 2 aromatic carbocycles. The minimum absolute atomic E-state index is 0.0127. The van der Waals surface area contributed by atoms with E-state index < -0.39 is 15.9 Å². The standard InChI is InChI=1S/C23H27ClN4O4S/c1-23(2,3)18-11-9-16(10-12-18)22-26-21(32-27-22)13-25-20(29)15-28(33(4,30)31)14-17-7-5-6-8-19(17)24/h5-12H,13-15H2,1-4H3,(H,25,29). The van der Waals surface area contributed by atoms with Gasteiger partial charge in [-0.3, -0.25) is 4.79 Å². The van der Waals surface area contributed by atoms with Crippen LogP contribution in [0.25, 0.3) is 11.4 Å². The molecule has 1 amide bonds. The molecule has 0 fully saturated rings. The first-order valence-corrected chi connectivity index (χ1v) is 12.5. The van der Waals surface area contributed by atoms with Crippen molar-refractivity contribution in [3.05, 3.63) is 70.6 Å². The maximum atomic E-state index is 12.4. The summed E-state index contributed by atoms with van der Waals surface area (Å²) in [5, 5.41) is 7.02. The summed E-state index contributed by atoms with van der Waals surface area (Å²) in [5.74, 6) is 0.133. The van der Waals surface area contributed by atoms with Crippen LogP contribution in [0.5, 0.6) is 0 Å².